The summed E-state index contributed by atoms with van der Waals surface area (Å²) in [5.74, 6) is 7.12. The van der Waals surface area contributed by atoms with Crippen molar-refractivity contribution in [3.8, 4) is 28.8 Å². The molecule has 0 bridgehead atoms. The molecule has 0 fully saturated rings. The van der Waals surface area contributed by atoms with Gasteiger partial charge in [0.2, 0.25) is 0 Å². The molecule has 22 heavy (non-hydrogen) atoms. The van der Waals surface area contributed by atoms with Gasteiger partial charge in [0, 0.05) is 29.1 Å². The molecule has 0 atom stereocenters. The van der Waals surface area contributed by atoms with Gasteiger partial charge in [-0.05, 0) is 36.4 Å². The second kappa shape index (κ2) is 6.55. The molecule has 0 N–H and O–H groups in total. The van der Waals surface area contributed by atoms with Crippen LogP contribution in [0.15, 0.2) is 67.1 Å². The second-order valence-electron chi connectivity index (χ2n) is 4.65. The van der Waals surface area contributed by atoms with Crippen molar-refractivity contribution in [3.63, 3.8) is 0 Å². The van der Waals surface area contributed by atoms with E-state index in [2.05, 4.69) is 21.8 Å². The molecular weight excluding hydrogens is 272 g/mol. The third-order valence-corrected chi connectivity index (χ3v) is 3.19. The van der Waals surface area contributed by atoms with Gasteiger partial charge in [-0.1, -0.05) is 24.0 Å². The molecule has 1 heterocycles. The van der Waals surface area contributed by atoms with E-state index in [1.807, 2.05) is 48.5 Å². The molecule has 0 aliphatic rings. The summed E-state index contributed by atoms with van der Waals surface area (Å²) < 4.78 is 5.13. The highest BCUT2D eigenvalue weighted by molar-refractivity contribution is 5.59. The molecule has 106 valence electrons. The first kappa shape index (κ1) is 13.8. The Morgan fingerprint density at radius 3 is 2.00 bits per heavy atom. The highest BCUT2D eigenvalue weighted by atomic mass is 16.5. The van der Waals surface area contributed by atoms with Crippen LogP contribution in [-0.4, -0.2) is 17.1 Å². The van der Waals surface area contributed by atoms with Gasteiger partial charge < -0.3 is 4.74 Å². The maximum atomic E-state index is 5.13. The third-order valence-electron chi connectivity index (χ3n) is 3.19. The Morgan fingerprint density at radius 1 is 0.818 bits per heavy atom. The minimum absolute atomic E-state index is 0.832. The molecule has 1 aromatic heterocycles. The van der Waals surface area contributed by atoms with Crippen molar-refractivity contribution >= 4 is 0 Å². The zero-order chi connectivity index (χ0) is 15.2. The predicted molar refractivity (Wildman–Crippen MR) is 86.4 cm³/mol. The Balaban J connectivity index is 1.78. The maximum absolute atomic E-state index is 5.13. The van der Waals surface area contributed by atoms with Crippen molar-refractivity contribution in [2.45, 2.75) is 0 Å². The van der Waals surface area contributed by atoms with E-state index in [0.29, 0.717) is 0 Å². The van der Waals surface area contributed by atoms with Crippen LogP contribution < -0.4 is 4.74 Å². The summed E-state index contributed by atoms with van der Waals surface area (Å²) >= 11 is 0. The molecule has 0 amide bonds. The van der Waals surface area contributed by atoms with E-state index < -0.39 is 0 Å². The summed E-state index contributed by atoms with van der Waals surface area (Å²) in [4.78, 5) is 8.35. The summed E-state index contributed by atoms with van der Waals surface area (Å²) in [6, 6.07) is 15.7. The van der Waals surface area contributed by atoms with Crippen LogP contribution in [-0.2, 0) is 0 Å². The highest BCUT2D eigenvalue weighted by Gasteiger charge is 1.97. The van der Waals surface area contributed by atoms with Crippen molar-refractivity contribution in [3.05, 3.63) is 78.2 Å². The predicted octanol–water partition coefficient (Wildman–Crippen LogP) is 3.55. The van der Waals surface area contributed by atoms with Gasteiger partial charge in [0.15, 0.2) is 0 Å². The lowest BCUT2D eigenvalue weighted by Crippen LogP contribution is -1.84. The van der Waals surface area contributed by atoms with Gasteiger partial charge in [0.05, 0.1) is 19.0 Å². The van der Waals surface area contributed by atoms with Crippen LogP contribution in [0.4, 0.5) is 0 Å². The van der Waals surface area contributed by atoms with E-state index in [4.69, 9.17) is 4.74 Å². The summed E-state index contributed by atoms with van der Waals surface area (Å²) in [5.41, 5.74) is 3.81. The fraction of sp³-hybridized carbons (Fsp3) is 0.0526. The fourth-order valence-corrected chi connectivity index (χ4v) is 1.99. The highest BCUT2D eigenvalue weighted by Crippen LogP contribution is 2.16. The molecule has 3 heteroatoms. The molecule has 3 nitrogen and oxygen atoms in total. The summed E-state index contributed by atoms with van der Waals surface area (Å²) in [7, 11) is 1.65. The molecule has 0 aliphatic carbocycles. The molecular formula is C19H14N2O. The number of ether oxygens (including phenoxy) is 1. The van der Waals surface area contributed by atoms with Gasteiger partial charge in [0.25, 0.3) is 0 Å². The summed E-state index contributed by atoms with van der Waals surface area (Å²) in [6.07, 6.45) is 5.10. The van der Waals surface area contributed by atoms with Crippen LogP contribution >= 0.6 is 0 Å². The smallest absolute Gasteiger partial charge is 0.118 e. The minimum Gasteiger partial charge on any atom is -0.497 e. The van der Waals surface area contributed by atoms with Crippen LogP contribution in [0.3, 0.4) is 0 Å². The summed E-state index contributed by atoms with van der Waals surface area (Å²) in [6.45, 7) is 0. The van der Waals surface area contributed by atoms with Crippen molar-refractivity contribution in [1.82, 2.24) is 9.97 Å². The van der Waals surface area contributed by atoms with Crippen molar-refractivity contribution < 1.29 is 4.74 Å². The average Bonchev–Trinajstić information content (AvgIpc) is 2.61. The second-order valence-corrected chi connectivity index (χ2v) is 4.65. The molecule has 3 aromatic rings. The lowest BCUT2D eigenvalue weighted by atomic mass is 10.1. The SMILES string of the molecule is COc1ccc(C#Cc2ccc(-c3cnccn3)cc2)cc1. The lowest BCUT2D eigenvalue weighted by molar-refractivity contribution is 0.415. The van der Waals surface area contributed by atoms with Gasteiger partial charge in [-0.15, -0.1) is 0 Å². The van der Waals surface area contributed by atoms with Gasteiger partial charge >= 0.3 is 0 Å². The largest absolute Gasteiger partial charge is 0.497 e. The van der Waals surface area contributed by atoms with Crippen molar-refractivity contribution in [2.24, 2.45) is 0 Å². The average molecular weight is 286 g/mol. The standard InChI is InChI=1S/C19H14N2O/c1-22-18-10-6-16(7-11-18)3-2-15-4-8-17(9-5-15)19-14-20-12-13-21-19/h4-14H,1H3. The number of hydrogen-bond acceptors (Lipinski definition) is 3. The maximum Gasteiger partial charge on any atom is 0.118 e. The van der Waals surface area contributed by atoms with E-state index in [9.17, 15) is 0 Å². The molecule has 2 aromatic carbocycles. The number of methoxy groups -OCH3 is 1. The monoisotopic (exact) mass is 286 g/mol. The Labute approximate surface area is 129 Å². The molecule has 0 spiro atoms. The Hall–Kier alpha value is -3.12. The summed E-state index contributed by atoms with van der Waals surface area (Å²) in [5, 5.41) is 0. The lowest BCUT2D eigenvalue weighted by Gasteiger charge is -1.99. The fourth-order valence-electron chi connectivity index (χ4n) is 1.99. The zero-order valence-electron chi connectivity index (χ0n) is 12.2. The van der Waals surface area contributed by atoms with Crippen LogP contribution in [0, 0.1) is 11.8 Å². The van der Waals surface area contributed by atoms with Crippen LogP contribution in [0.5, 0.6) is 5.75 Å². The van der Waals surface area contributed by atoms with E-state index in [0.717, 1.165) is 28.1 Å². The van der Waals surface area contributed by atoms with Crippen LogP contribution in [0.1, 0.15) is 11.1 Å². The molecule has 0 radical (unpaired) electrons. The van der Waals surface area contributed by atoms with E-state index in [-0.39, 0.29) is 0 Å². The van der Waals surface area contributed by atoms with Crippen LogP contribution in [0.25, 0.3) is 11.3 Å². The Bertz CT molecular complexity index is 798. The van der Waals surface area contributed by atoms with E-state index in [1.54, 1.807) is 25.7 Å². The number of aromatic nitrogens is 2. The first-order chi connectivity index (χ1) is 10.8. The third kappa shape index (κ3) is 3.31. The van der Waals surface area contributed by atoms with E-state index in [1.165, 1.54) is 0 Å². The first-order valence-corrected chi connectivity index (χ1v) is 6.88. The molecule has 0 aliphatic heterocycles. The topological polar surface area (TPSA) is 35.0 Å². The van der Waals surface area contributed by atoms with Gasteiger partial charge in [-0.2, -0.15) is 0 Å². The van der Waals surface area contributed by atoms with Gasteiger partial charge in [-0.25, -0.2) is 0 Å². The number of rotatable bonds is 2. The van der Waals surface area contributed by atoms with Crippen molar-refractivity contribution in [1.29, 1.82) is 0 Å². The first-order valence-electron chi connectivity index (χ1n) is 6.88. The molecule has 3 rings (SSSR count). The quantitative estimate of drug-likeness (QED) is 0.676. The normalized spacial score (nSPS) is 9.68. The zero-order valence-corrected chi connectivity index (χ0v) is 12.2. The molecule has 0 saturated carbocycles. The minimum atomic E-state index is 0.832. The molecule has 0 saturated heterocycles. The van der Waals surface area contributed by atoms with Crippen molar-refractivity contribution in [2.75, 3.05) is 7.11 Å². The van der Waals surface area contributed by atoms with Crippen LogP contribution in [0.2, 0.25) is 0 Å². The van der Waals surface area contributed by atoms with Gasteiger partial charge in [-0.3, -0.25) is 9.97 Å². The Morgan fingerprint density at radius 2 is 1.45 bits per heavy atom. The van der Waals surface area contributed by atoms with E-state index >= 15 is 0 Å². The number of hydrogen-bond donors (Lipinski definition) is 0. The van der Waals surface area contributed by atoms with Gasteiger partial charge in [0.1, 0.15) is 5.75 Å². The number of benzene rings is 2. The Kier molecular flexibility index (Phi) is 4.12. The number of nitrogens with zero attached hydrogens (tertiary/aromatic N) is 2. The molecule has 0 unspecified atom stereocenters.